The number of amides is 1. The molecular weight excluding hydrogens is 501 g/mol. The Morgan fingerprint density at radius 2 is 2.17 bits per heavy atom. The number of carbonyl (C=O) groups excluding carboxylic acids is 1. The van der Waals surface area contributed by atoms with Gasteiger partial charge in [0.05, 0.1) is 16.7 Å². The van der Waals surface area contributed by atoms with Crippen molar-refractivity contribution in [2.24, 2.45) is 4.99 Å². The SMILES string of the molecule is CCNC(=NCCc1csc(C(C)C)n1)N1CCC(NC(=O)OC(C)(C)C)C1.I. The number of hydrogen-bond donors (Lipinski definition) is 2. The van der Waals surface area contributed by atoms with Crippen molar-refractivity contribution in [3.63, 3.8) is 0 Å². The summed E-state index contributed by atoms with van der Waals surface area (Å²) in [5.41, 5.74) is 0.628. The normalized spacial score (nSPS) is 17.3. The highest BCUT2D eigenvalue weighted by Crippen LogP contribution is 2.19. The highest BCUT2D eigenvalue weighted by Gasteiger charge is 2.27. The molecule has 1 aliphatic rings. The molecule has 0 radical (unpaired) electrons. The van der Waals surface area contributed by atoms with Crippen molar-refractivity contribution in [2.75, 3.05) is 26.2 Å². The molecule has 1 fully saturated rings. The first-order valence-corrected chi connectivity index (χ1v) is 11.0. The van der Waals surface area contributed by atoms with Crippen molar-refractivity contribution >= 4 is 47.4 Å². The van der Waals surface area contributed by atoms with Crippen molar-refractivity contribution < 1.29 is 9.53 Å². The van der Waals surface area contributed by atoms with Crippen LogP contribution in [-0.2, 0) is 11.2 Å². The third kappa shape index (κ3) is 9.06. The van der Waals surface area contributed by atoms with Crippen LogP contribution in [0.5, 0.6) is 0 Å². The van der Waals surface area contributed by atoms with E-state index in [2.05, 4.69) is 46.7 Å². The minimum Gasteiger partial charge on any atom is -0.444 e. The molecule has 29 heavy (non-hydrogen) atoms. The van der Waals surface area contributed by atoms with Crippen LogP contribution in [0, 0.1) is 0 Å². The van der Waals surface area contributed by atoms with Crippen LogP contribution < -0.4 is 10.6 Å². The summed E-state index contributed by atoms with van der Waals surface area (Å²) in [6.45, 7) is 15.1. The number of alkyl carbamates (subject to hydrolysis) is 1. The molecule has 0 aromatic carbocycles. The number of ether oxygens (including phenoxy) is 1. The molecule has 1 saturated heterocycles. The zero-order valence-electron chi connectivity index (χ0n) is 18.4. The number of aliphatic imine (C=N–C) groups is 1. The second kappa shape index (κ2) is 11.9. The number of aromatic nitrogens is 1. The second-order valence-electron chi connectivity index (χ2n) is 8.40. The standard InChI is InChI=1S/C20H35N5O2S.HI/c1-7-21-18(22-10-8-16-13-28-17(23-16)14(2)3)25-11-9-15(12-25)24-19(26)27-20(4,5)6;/h13-15H,7-12H2,1-6H3,(H,21,22)(H,24,26);1H. The number of likely N-dealkylation sites (tertiary alicyclic amines) is 1. The number of nitrogens with zero attached hydrogens (tertiary/aromatic N) is 3. The van der Waals surface area contributed by atoms with Gasteiger partial charge in [0.2, 0.25) is 0 Å². The van der Waals surface area contributed by atoms with Crippen LogP contribution in [0.15, 0.2) is 10.4 Å². The summed E-state index contributed by atoms with van der Waals surface area (Å²) in [6.07, 6.45) is 1.37. The Bertz CT molecular complexity index is 672. The lowest BCUT2D eigenvalue weighted by Crippen LogP contribution is -2.44. The Balaban J connectivity index is 0.00000420. The first-order chi connectivity index (χ1) is 13.2. The van der Waals surface area contributed by atoms with E-state index >= 15 is 0 Å². The topological polar surface area (TPSA) is 78.9 Å². The van der Waals surface area contributed by atoms with Gasteiger partial charge in [0.15, 0.2) is 5.96 Å². The van der Waals surface area contributed by atoms with Gasteiger partial charge in [0.25, 0.3) is 0 Å². The van der Waals surface area contributed by atoms with Crippen molar-refractivity contribution in [3.05, 3.63) is 16.1 Å². The van der Waals surface area contributed by atoms with E-state index in [1.54, 1.807) is 11.3 Å². The summed E-state index contributed by atoms with van der Waals surface area (Å²) in [6, 6.07) is 0.0749. The van der Waals surface area contributed by atoms with E-state index in [1.807, 2.05) is 20.8 Å². The summed E-state index contributed by atoms with van der Waals surface area (Å²) in [5.74, 6) is 1.37. The molecule has 1 aromatic rings. The molecular formula is C20H36IN5O2S. The van der Waals surface area contributed by atoms with Gasteiger partial charge in [-0.15, -0.1) is 35.3 Å². The van der Waals surface area contributed by atoms with Crippen LogP contribution in [-0.4, -0.2) is 59.8 Å². The van der Waals surface area contributed by atoms with Crippen molar-refractivity contribution in [1.29, 1.82) is 0 Å². The summed E-state index contributed by atoms with van der Waals surface area (Å²) in [5, 5.41) is 9.64. The minimum atomic E-state index is -0.482. The van der Waals surface area contributed by atoms with Gasteiger partial charge in [-0.2, -0.15) is 0 Å². The van der Waals surface area contributed by atoms with Crippen LogP contribution in [0.3, 0.4) is 0 Å². The average molecular weight is 538 g/mol. The molecule has 1 atom stereocenters. The molecule has 166 valence electrons. The largest absolute Gasteiger partial charge is 0.444 e. The number of hydrogen-bond acceptors (Lipinski definition) is 5. The number of guanidine groups is 1. The number of thiazole rings is 1. The third-order valence-corrected chi connectivity index (χ3v) is 5.43. The zero-order valence-corrected chi connectivity index (χ0v) is 21.6. The fraction of sp³-hybridized carbons (Fsp3) is 0.750. The fourth-order valence-electron chi connectivity index (χ4n) is 2.95. The molecule has 0 saturated carbocycles. The minimum absolute atomic E-state index is 0. The maximum Gasteiger partial charge on any atom is 0.407 e. The van der Waals surface area contributed by atoms with E-state index in [4.69, 9.17) is 9.73 Å². The van der Waals surface area contributed by atoms with E-state index in [-0.39, 0.29) is 36.1 Å². The summed E-state index contributed by atoms with van der Waals surface area (Å²) in [7, 11) is 0. The highest BCUT2D eigenvalue weighted by atomic mass is 127. The van der Waals surface area contributed by atoms with E-state index < -0.39 is 5.60 Å². The van der Waals surface area contributed by atoms with Gasteiger partial charge in [-0.1, -0.05) is 13.8 Å². The van der Waals surface area contributed by atoms with E-state index in [0.29, 0.717) is 12.5 Å². The molecule has 1 aromatic heterocycles. The lowest BCUT2D eigenvalue weighted by atomic mass is 10.2. The smallest absolute Gasteiger partial charge is 0.407 e. The van der Waals surface area contributed by atoms with Gasteiger partial charge < -0.3 is 20.3 Å². The van der Waals surface area contributed by atoms with Crippen molar-refractivity contribution in [1.82, 2.24) is 20.5 Å². The van der Waals surface area contributed by atoms with E-state index in [1.165, 1.54) is 5.01 Å². The lowest BCUT2D eigenvalue weighted by Gasteiger charge is -2.23. The summed E-state index contributed by atoms with van der Waals surface area (Å²) >= 11 is 1.72. The van der Waals surface area contributed by atoms with Crippen LogP contribution in [0.2, 0.25) is 0 Å². The molecule has 2 rings (SSSR count). The van der Waals surface area contributed by atoms with Gasteiger partial charge >= 0.3 is 6.09 Å². The molecule has 2 N–H and O–H groups in total. The molecule has 0 spiro atoms. The lowest BCUT2D eigenvalue weighted by molar-refractivity contribution is 0.0507. The molecule has 7 nitrogen and oxygen atoms in total. The molecule has 1 aliphatic heterocycles. The van der Waals surface area contributed by atoms with E-state index in [0.717, 1.165) is 44.1 Å². The number of halogens is 1. The maximum atomic E-state index is 12.0. The molecule has 1 unspecified atom stereocenters. The van der Waals surface area contributed by atoms with Crippen LogP contribution in [0.25, 0.3) is 0 Å². The Hall–Kier alpha value is -1.10. The predicted octanol–water partition coefficient (Wildman–Crippen LogP) is 3.99. The highest BCUT2D eigenvalue weighted by molar-refractivity contribution is 14.0. The van der Waals surface area contributed by atoms with Crippen molar-refractivity contribution in [3.8, 4) is 0 Å². The van der Waals surface area contributed by atoms with Gasteiger partial charge in [-0.3, -0.25) is 4.99 Å². The Labute approximate surface area is 196 Å². The average Bonchev–Trinajstić information content (AvgIpc) is 3.21. The zero-order chi connectivity index (χ0) is 20.7. The number of nitrogens with one attached hydrogen (secondary N) is 2. The number of carbonyl (C=O) groups is 1. The predicted molar refractivity (Wildman–Crippen MR) is 131 cm³/mol. The molecule has 9 heteroatoms. The molecule has 0 bridgehead atoms. The van der Waals surface area contributed by atoms with Crippen molar-refractivity contribution in [2.45, 2.75) is 71.9 Å². The van der Waals surface area contributed by atoms with Crippen LogP contribution in [0.4, 0.5) is 4.79 Å². The summed E-state index contributed by atoms with van der Waals surface area (Å²) < 4.78 is 5.36. The first kappa shape index (κ1) is 25.9. The van der Waals surface area contributed by atoms with Gasteiger partial charge in [-0.25, -0.2) is 9.78 Å². The maximum absolute atomic E-state index is 12.0. The first-order valence-electron chi connectivity index (χ1n) is 10.1. The molecule has 2 heterocycles. The monoisotopic (exact) mass is 537 g/mol. The Kier molecular flexibility index (Phi) is 10.7. The Morgan fingerprint density at radius 1 is 1.45 bits per heavy atom. The van der Waals surface area contributed by atoms with Crippen LogP contribution >= 0.6 is 35.3 Å². The Morgan fingerprint density at radius 3 is 2.76 bits per heavy atom. The molecule has 0 aliphatic carbocycles. The third-order valence-electron chi connectivity index (χ3n) is 4.24. The molecule has 1 amide bonds. The number of rotatable bonds is 6. The van der Waals surface area contributed by atoms with Gasteiger partial charge in [-0.05, 0) is 34.1 Å². The van der Waals surface area contributed by atoms with Gasteiger partial charge in [0, 0.05) is 43.9 Å². The van der Waals surface area contributed by atoms with E-state index in [9.17, 15) is 4.79 Å². The van der Waals surface area contributed by atoms with Crippen LogP contribution in [0.1, 0.15) is 64.6 Å². The quantitative estimate of drug-likeness (QED) is 0.326. The second-order valence-corrected chi connectivity index (χ2v) is 9.28. The van der Waals surface area contributed by atoms with Gasteiger partial charge in [0.1, 0.15) is 5.60 Å². The summed E-state index contributed by atoms with van der Waals surface area (Å²) in [4.78, 5) is 23.6. The fourth-order valence-corrected chi connectivity index (χ4v) is 3.82.